The number of hydrogen-bond donors (Lipinski definition) is 2. The van der Waals surface area contributed by atoms with E-state index in [4.69, 9.17) is 4.74 Å². The molecule has 0 aromatic heterocycles. The lowest BCUT2D eigenvalue weighted by Gasteiger charge is -2.52. The first kappa shape index (κ1) is 9.13. The van der Waals surface area contributed by atoms with Crippen molar-refractivity contribution in [2.75, 3.05) is 6.61 Å². The summed E-state index contributed by atoms with van der Waals surface area (Å²) in [6.07, 6.45) is 6.20. The van der Waals surface area contributed by atoms with E-state index in [0.717, 1.165) is 38.5 Å². The highest BCUT2D eigenvalue weighted by Gasteiger charge is 2.64. The topological polar surface area (TPSA) is 49.7 Å². The van der Waals surface area contributed by atoms with Crippen LogP contribution < -0.4 is 0 Å². The summed E-state index contributed by atoms with van der Waals surface area (Å²) in [6, 6.07) is 0. The van der Waals surface area contributed by atoms with Gasteiger partial charge in [-0.05, 0) is 38.5 Å². The van der Waals surface area contributed by atoms with Crippen molar-refractivity contribution in [2.45, 2.75) is 56.3 Å². The molecular weight excluding hydrogens is 180 g/mol. The van der Waals surface area contributed by atoms with Crippen LogP contribution in [0.2, 0.25) is 0 Å². The standard InChI is InChI=1S/C11H18O3/c12-7-10(11(13)4-1-5-11)6-8-2-3-9(10)14-8/h8-9,12-13H,1-7H2. The summed E-state index contributed by atoms with van der Waals surface area (Å²) in [5.74, 6) is 0. The van der Waals surface area contributed by atoms with Gasteiger partial charge in [-0.25, -0.2) is 0 Å². The van der Waals surface area contributed by atoms with Crippen LogP contribution in [0.1, 0.15) is 38.5 Å². The second kappa shape index (κ2) is 2.71. The molecule has 3 aliphatic rings. The SMILES string of the molecule is OCC1(C2(O)CCC2)CC2CCC1O2. The van der Waals surface area contributed by atoms with Crippen LogP contribution in [0.15, 0.2) is 0 Å². The maximum absolute atomic E-state index is 10.4. The largest absolute Gasteiger partial charge is 0.396 e. The van der Waals surface area contributed by atoms with Gasteiger partial charge in [0.2, 0.25) is 0 Å². The quantitative estimate of drug-likeness (QED) is 0.691. The van der Waals surface area contributed by atoms with Gasteiger partial charge >= 0.3 is 0 Å². The number of fused-ring (bicyclic) bond motifs is 2. The van der Waals surface area contributed by atoms with Crippen molar-refractivity contribution in [1.82, 2.24) is 0 Å². The number of ether oxygens (including phenoxy) is 1. The zero-order valence-corrected chi connectivity index (χ0v) is 8.41. The van der Waals surface area contributed by atoms with Gasteiger partial charge in [0.05, 0.1) is 29.8 Å². The Morgan fingerprint density at radius 3 is 2.43 bits per heavy atom. The van der Waals surface area contributed by atoms with Crippen LogP contribution in [0.3, 0.4) is 0 Å². The highest BCUT2D eigenvalue weighted by atomic mass is 16.5. The third-order valence-corrected chi connectivity index (χ3v) is 4.71. The van der Waals surface area contributed by atoms with E-state index >= 15 is 0 Å². The molecule has 0 spiro atoms. The van der Waals surface area contributed by atoms with Gasteiger partial charge in [-0.15, -0.1) is 0 Å². The van der Waals surface area contributed by atoms with Crippen LogP contribution in [0.4, 0.5) is 0 Å². The molecule has 0 amide bonds. The predicted molar refractivity (Wildman–Crippen MR) is 50.8 cm³/mol. The maximum Gasteiger partial charge on any atom is 0.0751 e. The molecule has 2 bridgehead atoms. The van der Waals surface area contributed by atoms with Crippen molar-refractivity contribution in [2.24, 2.45) is 5.41 Å². The average Bonchev–Trinajstić information content (AvgIpc) is 2.73. The van der Waals surface area contributed by atoms with Crippen molar-refractivity contribution in [3.05, 3.63) is 0 Å². The fourth-order valence-electron chi connectivity index (χ4n) is 3.61. The van der Waals surface area contributed by atoms with Gasteiger partial charge in [0.15, 0.2) is 0 Å². The molecule has 80 valence electrons. The molecule has 3 atom stereocenters. The second-order valence-electron chi connectivity index (χ2n) is 5.23. The van der Waals surface area contributed by atoms with Gasteiger partial charge in [0, 0.05) is 0 Å². The van der Waals surface area contributed by atoms with Gasteiger partial charge in [-0.1, -0.05) is 0 Å². The Labute approximate surface area is 84.1 Å². The van der Waals surface area contributed by atoms with E-state index in [-0.39, 0.29) is 18.1 Å². The van der Waals surface area contributed by atoms with Crippen molar-refractivity contribution in [3.8, 4) is 0 Å². The third kappa shape index (κ3) is 0.884. The Kier molecular flexibility index (Phi) is 1.77. The minimum absolute atomic E-state index is 0.0880. The van der Waals surface area contributed by atoms with Gasteiger partial charge in [0.25, 0.3) is 0 Å². The summed E-state index contributed by atoms with van der Waals surface area (Å²) < 4.78 is 5.78. The van der Waals surface area contributed by atoms with Gasteiger partial charge in [-0.3, -0.25) is 0 Å². The zero-order valence-electron chi connectivity index (χ0n) is 8.41. The van der Waals surface area contributed by atoms with E-state index in [2.05, 4.69) is 0 Å². The smallest absolute Gasteiger partial charge is 0.0751 e. The van der Waals surface area contributed by atoms with E-state index in [0.29, 0.717) is 6.10 Å². The van der Waals surface area contributed by atoms with Crippen molar-refractivity contribution in [3.63, 3.8) is 0 Å². The molecule has 1 aliphatic carbocycles. The summed E-state index contributed by atoms with van der Waals surface area (Å²) in [5, 5.41) is 20.0. The van der Waals surface area contributed by atoms with Crippen LogP contribution >= 0.6 is 0 Å². The van der Waals surface area contributed by atoms with E-state index in [1.807, 2.05) is 0 Å². The lowest BCUT2D eigenvalue weighted by molar-refractivity contribution is -0.179. The summed E-state index contributed by atoms with van der Waals surface area (Å²) in [7, 11) is 0. The molecule has 3 unspecified atom stereocenters. The minimum atomic E-state index is -0.623. The Hall–Kier alpha value is -0.120. The number of aliphatic hydroxyl groups excluding tert-OH is 1. The van der Waals surface area contributed by atoms with Gasteiger partial charge in [-0.2, -0.15) is 0 Å². The molecule has 1 saturated carbocycles. The van der Waals surface area contributed by atoms with Crippen LogP contribution in [0, 0.1) is 5.41 Å². The summed E-state index contributed by atoms with van der Waals surface area (Å²) >= 11 is 0. The lowest BCUT2D eigenvalue weighted by Crippen LogP contribution is -2.59. The van der Waals surface area contributed by atoms with Crippen LogP contribution in [0.25, 0.3) is 0 Å². The Morgan fingerprint density at radius 2 is 2.07 bits per heavy atom. The first-order valence-corrected chi connectivity index (χ1v) is 5.69. The predicted octanol–water partition coefficient (Wildman–Crippen LogP) is 0.831. The molecule has 3 fully saturated rings. The van der Waals surface area contributed by atoms with Gasteiger partial charge in [0.1, 0.15) is 0 Å². The normalized spacial score (nSPS) is 49.3. The number of rotatable bonds is 2. The first-order valence-electron chi connectivity index (χ1n) is 5.69. The monoisotopic (exact) mass is 198 g/mol. The second-order valence-corrected chi connectivity index (χ2v) is 5.23. The summed E-state index contributed by atoms with van der Waals surface area (Å²) in [4.78, 5) is 0. The summed E-state index contributed by atoms with van der Waals surface area (Å²) in [6.45, 7) is 0.0880. The van der Waals surface area contributed by atoms with E-state index in [9.17, 15) is 10.2 Å². The molecule has 2 N–H and O–H groups in total. The molecule has 2 heterocycles. The molecule has 2 aliphatic heterocycles. The van der Waals surface area contributed by atoms with E-state index in [1.54, 1.807) is 0 Å². The first-order chi connectivity index (χ1) is 6.70. The lowest BCUT2D eigenvalue weighted by atomic mass is 9.56. The van der Waals surface area contributed by atoms with Crippen LogP contribution in [-0.2, 0) is 4.74 Å². The van der Waals surface area contributed by atoms with Gasteiger partial charge < -0.3 is 14.9 Å². The number of aliphatic hydroxyl groups is 2. The molecule has 0 aromatic rings. The fourth-order valence-corrected chi connectivity index (χ4v) is 3.61. The fraction of sp³-hybridized carbons (Fsp3) is 1.00. The summed E-state index contributed by atoms with van der Waals surface area (Å²) in [5.41, 5.74) is -0.949. The van der Waals surface area contributed by atoms with Crippen molar-refractivity contribution in [1.29, 1.82) is 0 Å². The van der Waals surface area contributed by atoms with Crippen molar-refractivity contribution >= 4 is 0 Å². The highest BCUT2D eigenvalue weighted by molar-refractivity contribution is 5.13. The molecule has 0 radical (unpaired) electrons. The van der Waals surface area contributed by atoms with Crippen LogP contribution in [-0.4, -0.2) is 34.6 Å². The molecule has 3 rings (SSSR count). The molecular formula is C11H18O3. The van der Waals surface area contributed by atoms with Crippen LogP contribution in [0.5, 0.6) is 0 Å². The maximum atomic E-state index is 10.4. The average molecular weight is 198 g/mol. The van der Waals surface area contributed by atoms with E-state index in [1.165, 1.54) is 0 Å². The molecule has 0 aromatic carbocycles. The Morgan fingerprint density at radius 1 is 1.29 bits per heavy atom. The van der Waals surface area contributed by atoms with E-state index < -0.39 is 5.60 Å². The zero-order chi connectivity index (χ0) is 9.81. The minimum Gasteiger partial charge on any atom is -0.396 e. The molecule has 2 saturated heterocycles. The Balaban J connectivity index is 1.91. The molecule has 3 nitrogen and oxygen atoms in total. The Bertz CT molecular complexity index is 249. The molecule has 3 heteroatoms. The third-order valence-electron chi connectivity index (χ3n) is 4.71. The molecule has 14 heavy (non-hydrogen) atoms. The number of hydrogen-bond acceptors (Lipinski definition) is 3. The van der Waals surface area contributed by atoms with Crippen molar-refractivity contribution < 1.29 is 14.9 Å². The highest BCUT2D eigenvalue weighted by Crippen LogP contribution is 2.58.